The second-order valence-electron chi connectivity index (χ2n) is 12.7. The van der Waals surface area contributed by atoms with Crippen LogP contribution in [0.3, 0.4) is 0 Å². The first-order valence-corrected chi connectivity index (χ1v) is 16.7. The molecule has 4 atom stereocenters. The first-order chi connectivity index (χ1) is 20.1. The summed E-state index contributed by atoms with van der Waals surface area (Å²) in [6, 6.07) is 0. The molecule has 0 saturated carbocycles. The van der Waals surface area contributed by atoms with E-state index in [0.717, 1.165) is 64.6 Å². The lowest BCUT2D eigenvalue weighted by molar-refractivity contribution is -0.179. The summed E-state index contributed by atoms with van der Waals surface area (Å²) in [5.41, 5.74) is -0.597. The lowest BCUT2D eigenvalue weighted by atomic mass is 9.89. The van der Waals surface area contributed by atoms with E-state index in [1.54, 1.807) is 6.08 Å². The van der Waals surface area contributed by atoms with E-state index < -0.39 is 7.12 Å². The predicted molar refractivity (Wildman–Crippen MR) is 170 cm³/mol. The minimum atomic E-state index is -1.41. The Kier molecular flexibility index (Phi) is 18.2. The zero-order valence-corrected chi connectivity index (χ0v) is 27.4. The van der Waals surface area contributed by atoms with E-state index in [4.69, 9.17) is 38.3 Å². The summed E-state index contributed by atoms with van der Waals surface area (Å²) in [7, 11) is -1.71. The Morgan fingerprint density at radius 2 is 1.24 bits per heavy atom. The minimum absolute atomic E-state index is 0.0617. The maximum Gasteiger partial charge on any atom is 0.486 e. The lowest BCUT2D eigenvalue weighted by Gasteiger charge is -2.32. The van der Waals surface area contributed by atoms with Gasteiger partial charge in [0.05, 0.1) is 23.4 Å². The van der Waals surface area contributed by atoms with Crippen molar-refractivity contribution in [2.45, 2.75) is 167 Å². The number of hydrogen-bond acceptors (Lipinski definition) is 8. The van der Waals surface area contributed by atoms with Crippen molar-refractivity contribution in [3.8, 4) is 0 Å². The zero-order chi connectivity index (χ0) is 30.8. The Labute approximate surface area is 257 Å². The monoisotopic (exact) mass is 594 g/mol. The smallest absolute Gasteiger partial charge is 0.424 e. The molecule has 3 heterocycles. The van der Waals surface area contributed by atoms with Gasteiger partial charge in [-0.05, 0) is 79.1 Å². The Morgan fingerprint density at radius 1 is 0.762 bits per heavy atom. The van der Waals surface area contributed by atoms with Crippen LogP contribution in [0.25, 0.3) is 0 Å². The van der Waals surface area contributed by atoms with Gasteiger partial charge in [0.2, 0.25) is 0 Å². The Hall–Kier alpha value is -0.710. The summed E-state index contributed by atoms with van der Waals surface area (Å²) in [5.74, 6) is 3.37. The summed E-state index contributed by atoms with van der Waals surface area (Å²) >= 11 is 0. The Morgan fingerprint density at radius 3 is 1.64 bits per heavy atom. The van der Waals surface area contributed by atoms with Gasteiger partial charge >= 0.3 is 14.2 Å². The fourth-order valence-corrected chi connectivity index (χ4v) is 5.04. The maximum absolute atomic E-state index is 8.86. The van der Waals surface area contributed by atoms with Crippen LogP contribution in [-0.4, -0.2) is 73.5 Å². The maximum atomic E-state index is 8.86. The summed E-state index contributed by atoms with van der Waals surface area (Å²) in [4.78, 5) is 0. The normalized spacial score (nSPS) is 25.4. The highest BCUT2D eigenvalue weighted by Gasteiger charge is 2.50. The second kappa shape index (κ2) is 20.3. The minimum Gasteiger partial charge on any atom is -0.424 e. The topological polar surface area (TPSA) is 95.8 Å². The van der Waals surface area contributed by atoms with Gasteiger partial charge in [-0.2, -0.15) is 0 Å². The fraction of sp³-hybridized carbons (Fsp3) is 0.875. The highest BCUT2D eigenvalue weighted by atomic mass is 16.7. The number of rotatable bonds is 16. The van der Waals surface area contributed by atoms with Gasteiger partial charge in [0, 0.05) is 13.2 Å². The molecule has 0 aliphatic carbocycles. The average molecular weight is 594 g/mol. The van der Waals surface area contributed by atoms with Crippen LogP contribution in [0.5, 0.6) is 0 Å². The molecular formula is C32H60B2O8. The van der Waals surface area contributed by atoms with Crippen molar-refractivity contribution in [3.05, 3.63) is 24.1 Å². The van der Waals surface area contributed by atoms with Gasteiger partial charge in [-0.15, -0.1) is 0 Å². The van der Waals surface area contributed by atoms with Crippen LogP contribution in [0.1, 0.15) is 131 Å². The summed E-state index contributed by atoms with van der Waals surface area (Å²) in [6.45, 7) is 14.3. The molecular weight excluding hydrogens is 534 g/mol. The molecule has 2 N–H and O–H groups in total. The summed E-state index contributed by atoms with van der Waals surface area (Å²) < 4.78 is 35.4. The molecule has 0 radical (unpaired) electrons. The third-order valence-electron chi connectivity index (χ3n) is 8.37. The van der Waals surface area contributed by atoms with Crippen LogP contribution in [-0.2, 0) is 28.3 Å². The van der Waals surface area contributed by atoms with E-state index >= 15 is 0 Å². The molecule has 3 fully saturated rings. The average Bonchev–Trinajstić information content (AvgIpc) is 3.17. The molecule has 0 bridgehead atoms. The van der Waals surface area contributed by atoms with Gasteiger partial charge < -0.3 is 38.3 Å². The van der Waals surface area contributed by atoms with Crippen molar-refractivity contribution >= 4 is 14.2 Å². The van der Waals surface area contributed by atoms with E-state index in [1.807, 2.05) is 5.98 Å². The zero-order valence-electron chi connectivity index (χ0n) is 27.4. The van der Waals surface area contributed by atoms with Gasteiger partial charge in [0.25, 0.3) is 0 Å². The van der Waals surface area contributed by atoms with Crippen LogP contribution >= 0.6 is 0 Å². The molecule has 242 valence electrons. The van der Waals surface area contributed by atoms with Crippen molar-refractivity contribution in [2.75, 3.05) is 13.2 Å². The SMILES string of the molecule is CCCCCC(/C=C/B(O)O)OC1CCCCO1.CCCCCC(/C=C/B1OC(C)(C)C(C)(C)O1)OC1CCCCO1. The first-order valence-electron chi connectivity index (χ1n) is 16.7. The van der Waals surface area contributed by atoms with E-state index in [2.05, 4.69) is 47.6 Å². The van der Waals surface area contributed by atoms with Gasteiger partial charge in [-0.1, -0.05) is 76.5 Å². The van der Waals surface area contributed by atoms with E-state index in [9.17, 15) is 0 Å². The molecule has 3 aliphatic heterocycles. The Balaban J connectivity index is 0.000000307. The molecule has 3 rings (SSSR count). The van der Waals surface area contributed by atoms with Crippen LogP contribution in [0.4, 0.5) is 0 Å². The van der Waals surface area contributed by atoms with Crippen molar-refractivity contribution in [2.24, 2.45) is 0 Å². The molecule has 0 spiro atoms. The van der Waals surface area contributed by atoms with Crippen molar-refractivity contribution in [1.29, 1.82) is 0 Å². The Bertz CT molecular complexity index is 733. The third-order valence-corrected chi connectivity index (χ3v) is 8.37. The van der Waals surface area contributed by atoms with Gasteiger partial charge in [0.1, 0.15) is 0 Å². The molecule has 0 aromatic rings. The quantitative estimate of drug-likeness (QED) is 0.150. The van der Waals surface area contributed by atoms with Crippen LogP contribution in [0.2, 0.25) is 0 Å². The van der Waals surface area contributed by atoms with Gasteiger partial charge in [-0.25, -0.2) is 0 Å². The van der Waals surface area contributed by atoms with Gasteiger partial charge in [0.15, 0.2) is 12.6 Å². The number of hydrogen-bond donors (Lipinski definition) is 2. The second-order valence-corrected chi connectivity index (χ2v) is 12.7. The molecule has 4 unspecified atom stereocenters. The summed E-state index contributed by atoms with van der Waals surface area (Å²) in [5, 5.41) is 17.7. The molecule has 3 aliphatic rings. The molecule has 42 heavy (non-hydrogen) atoms. The molecule has 0 amide bonds. The fourth-order valence-electron chi connectivity index (χ4n) is 5.04. The predicted octanol–water partition coefficient (Wildman–Crippen LogP) is 6.71. The number of ether oxygens (including phenoxy) is 4. The van der Waals surface area contributed by atoms with Crippen molar-refractivity contribution in [3.63, 3.8) is 0 Å². The highest BCUT2D eigenvalue weighted by Crippen LogP contribution is 2.37. The lowest BCUT2D eigenvalue weighted by Crippen LogP contribution is -2.41. The van der Waals surface area contributed by atoms with Crippen molar-refractivity contribution in [1.82, 2.24) is 0 Å². The largest absolute Gasteiger partial charge is 0.486 e. The van der Waals surface area contributed by atoms with E-state index in [-0.39, 0.29) is 43.1 Å². The molecule has 0 aromatic carbocycles. The third kappa shape index (κ3) is 14.8. The van der Waals surface area contributed by atoms with Crippen LogP contribution in [0, 0.1) is 0 Å². The van der Waals surface area contributed by atoms with Crippen LogP contribution in [0.15, 0.2) is 24.1 Å². The van der Waals surface area contributed by atoms with Crippen molar-refractivity contribution < 1.29 is 38.3 Å². The summed E-state index contributed by atoms with van der Waals surface area (Å²) in [6.07, 6.45) is 19.1. The first kappa shape index (κ1) is 37.5. The molecule has 3 saturated heterocycles. The molecule has 0 aromatic heterocycles. The van der Waals surface area contributed by atoms with E-state index in [0.29, 0.717) is 0 Å². The molecule has 8 nitrogen and oxygen atoms in total. The standard InChI is InChI=1S/C19H35BO4.C13H25BO4/c1-6-7-8-11-16(22-17-12-9-10-15-21-17)13-14-20-23-18(2,3)19(4,5)24-20;1-2-3-4-7-12(9-10-14(15)16)18-13-8-5-6-11-17-13/h13-14,16-17H,6-12,15H2,1-5H3;9-10,12-13,15-16H,2-8,11H2,1H3/b14-13+;10-9+. The van der Waals surface area contributed by atoms with Crippen LogP contribution < -0.4 is 0 Å². The van der Waals surface area contributed by atoms with E-state index in [1.165, 1.54) is 44.5 Å². The molecule has 10 heteroatoms. The van der Waals surface area contributed by atoms with Gasteiger partial charge in [-0.3, -0.25) is 0 Å². The highest BCUT2D eigenvalue weighted by molar-refractivity contribution is 6.51. The number of unbranched alkanes of at least 4 members (excludes halogenated alkanes) is 4.